The largest absolute Gasteiger partial charge is 0.323 e. The van der Waals surface area contributed by atoms with Gasteiger partial charge in [-0.1, -0.05) is 12.1 Å². The molecule has 0 aliphatic carbocycles. The predicted molar refractivity (Wildman–Crippen MR) is 73.1 cm³/mol. The molecule has 0 saturated carbocycles. The summed E-state index contributed by atoms with van der Waals surface area (Å²) in [7, 11) is 0. The summed E-state index contributed by atoms with van der Waals surface area (Å²) in [6, 6.07) is 9.27. The van der Waals surface area contributed by atoms with Crippen molar-refractivity contribution in [3.05, 3.63) is 58.6 Å². The number of rotatable bonds is 2. The Kier molecular flexibility index (Phi) is 4.11. The molecule has 0 heterocycles. The molecule has 3 nitrogen and oxygen atoms in total. The molecule has 0 spiro atoms. The first kappa shape index (κ1) is 13.5. The summed E-state index contributed by atoms with van der Waals surface area (Å²) in [5, 5.41) is 4.74. The van der Waals surface area contributed by atoms with Crippen molar-refractivity contribution in [3.63, 3.8) is 0 Å². The van der Waals surface area contributed by atoms with Crippen molar-refractivity contribution in [2.24, 2.45) is 0 Å². The van der Waals surface area contributed by atoms with Gasteiger partial charge in [0, 0.05) is 5.69 Å². The number of para-hydroxylation sites is 1. The molecule has 98 valence electrons. The molecule has 0 saturated heterocycles. The van der Waals surface area contributed by atoms with E-state index < -0.39 is 17.7 Å². The molecule has 0 aliphatic heterocycles. The highest BCUT2D eigenvalue weighted by atomic mass is 79.9. The number of hydrogen-bond donors (Lipinski definition) is 2. The predicted octanol–water partition coefficient (Wildman–Crippen LogP) is 4.37. The fraction of sp³-hybridized carbons (Fsp3) is 0. The average molecular weight is 327 g/mol. The molecule has 2 aromatic carbocycles. The van der Waals surface area contributed by atoms with Gasteiger partial charge in [0.25, 0.3) is 0 Å². The third kappa shape index (κ3) is 3.51. The highest BCUT2D eigenvalue weighted by Gasteiger charge is 2.07. The van der Waals surface area contributed by atoms with Gasteiger partial charge in [0.15, 0.2) is 0 Å². The van der Waals surface area contributed by atoms with Crippen LogP contribution in [0.5, 0.6) is 0 Å². The molecule has 0 bridgehead atoms. The summed E-state index contributed by atoms with van der Waals surface area (Å²) in [4.78, 5) is 11.6. The van der Waals surface area contributed by atoms with Gasteiger partial charge in [-0.05, 0) is 46.3 Å². The Morgan fingerprint density at radius 1 is 1.00 bits per heavy atom. The van der Waals surface area contributed by atoms with Crippen LogP contribution >= 0.6 is 15.9 Å². The van der Waals surface area contributed by atoms with E-state index in [0.717, 1.165) is 6.07 Å². The monoisotopic (exact) mass is 326 g/mol. The number of urea groups is 1. The van der Waals surface area contributed by atoms with Crippen LogP contribution in [-0.4, -0.2) is 6.03 Å². The maximum atomic E-state index is 13.3. The Morgan fingerprint density at radius 2 is 1.74 bits per heavy atom. The average Bonchev–Trinajstić information content (AvgIpc) is 2.37. The molecule has 2 amide bonds. The smallest absolute Gasteiger partial charge is 0.308 e. The maximum absolute atomic E-state index is 13.3. The van der Waals surface area contributed by atoms with Gasteiger partial charge in [-0.25, -0.2) is 13.6 Å². The van der Waals surface area contributed by atoms with Crippen LogP contribution in [0.15, 0.2) is 46.9 Å². The SMILES string of the molecule is O=C(Nc1ccc(Br)c(F)c1)Nc1ccccc1F. The summed E-state index contributed by atoms with van der Waals surface area (Å²) in [6.07, 6.45) is 0. The zero-order chi connectivity index (χ0) is 13.8. The quantitative estimate of drug-likeness (QED) is 0.845. The van der Waals surface area contributed by atoms with Gasteiger partial charge in [0.2, 0.25) is 0 Å². The number of halogens is 3. The molecule has 2 N–H and O–H groups in total. The Bertz CT molecular complexity index is 619. The summed E-state index contributed by atoms with van der Waals surface area (Å²) in [6.45, 7) is 0. The minimum Gasteiger partial charge on any atom is -0.308 e. The molecule has 6 heteroatoms. The highest BCUT2D eigenvalue weighted by Crippen LogP contribution is 2.19. The van der Waals surface area contributed by atoms with Crippen molar-refractivity contribution in [1.29, 1.82) is 0 Å². The number of amides is 2. The third-order valence-electron chi connectivity index (χ3n) is 2.30. The zero-order valence-corrected chi connectivity index (χ0v) is 11.2. The van der Waals surface area contributed by atoms with Crippen LogP contribution in [0, 0.1) is 11.6 Å². The lowest BCUT2D eigenvalue weighted by Crippen LogP contribution is -2.20. The second-order valence-electron chi connectivity index (χ2n) is 3.69. The lowest BCUT2D eigenvalue weighted by atomic mass is 10.3. The molecule has 0 unspecified atom stereocenters. The molecule has 0 aliphatic rings. The number of benzene rings is 2. The van der Waals surface area contributed by atoms with E-state index in [0.29, 0.717) is 4.47 Å². The molecular weight excluding hydrogens is 318 g/mol. The highest BCUT2D eigenvalue weighted by molar-refractivity contribution is 9.10. The van der Waals surface area contributed by atoms with Crippen LogP contribution in [0.4, 0.5) is 25.0 Å². The van der Waals surface area contributed by atoms with Gasteiger partial charge in [-0.15, -0.1) is 0 Å². The standard InChI is InChI=1S/C13H9BrF2N2O/c14-9-6-5-8(7-11(9)16)17-13(19)18-12-4-2-1-3-10(12)15/h1-7H,(H2,17,18,19). The van der Waals surface area contributed by atoms with Crippen molar-refractivity contribution in [2.75, 3.05) is 10.6 Å². The van der Waals surface area contributed by atoms with Gasteiger partial charge in [0.05, 0.1) is 10.2 Å². The van der Waals surface area contributed by atoms with E-state index in [4.69, 9.17) is 0 Å². The van der Waals surface area contributed by atoms with E-state index in [9.17, 15) is 13.6 Å². The fourth-order valence-corrected chi connectivity index (χ4v) is 1.67. The number of carbonyl (C=O) groups is 1. The van der Waals surface area contributed by atoms with Crippen LogP contribution in [0.3, 0.4) is 0 Å². The summed E-state index contributed by atoms with van der Waals surface area (Å²) >= 11 is 3.01. The lowest BCUT2D eigenvalue weighted by Gasteiger charge is -2.08. The molecule has 2 aromatic rings. The van der Waals surface area contributed by atoms with Crippen molar-refractivity contribution in [2.45, 2.75) is 0 Å². The van der Waals surface area contributed by atoms with Crippen LogP contribution in [0.25, 0.3) is 0 Å². The molecule has 19 heavy (non-hydrogen) atoms. The fourth-order valence-electron chi connectivity index (χ4n) is 1.42. The van der Waals surface area contributed by atoms with Gasteiger partial charge in [-0.2, -0.15) is 0 Å². The number of anilines is 2. The van der Waals surface area contributed by atoms with Crippen LogP contribution in [-0.2, 0) is 0 Å². The summed E-state index contributed by atoms with van der Waals surface area (Å²) in [5.74, 6) is -1.04. The van der Waals surface area contributed by atoms with Crippen LogP contribution in [0.1, 0.15) is 0 Å². The summed E-state index contributed by atoms with van der Waals surface area (Å²) in [5.41, 5.74) is 0.326. The molecule has 0 atom stereocenters. The minimum atomic E-state index is -0.646. The van der Waals surface area contributed by atoms with Crippen molar-refractivity contribution >= 4 is 33.3 Å². The van der Waals surface area contributed by atoms with E-state index in [-0.39, 0.29) is 11.4 Å². The first-order valence-corrected chi connectivity index (χ1v) is 6.13. The van der Waals surface area contributed by atoms with Crippen molar-refractivity contribution in [3.8, 4) is 0 Å². The molecular formula is C13H9BrF2N2O. The summed E-state index contributed by atoms with van der Waals surface area (Å²) < 4.78 is 26.8. The Balaban J connectivity index is 2.05. The minimum absolute atomic E-state index is 0.0533. The van der Waals surface area contributed by atoms with Crippen molar-refractivity contribution in [1.82, 2.24) is 0 Å². The van der Waals surface area contributed by atoms with Gasteiger partial charge in [0.1, 0.15) is 11.6 Å². The van der Waals surface area contributed by atoms with E-state index in [1.54, 1.807) is 6.07 Å². The van der Waals surface area contributed by atoms with E-state index >= 15 is 0 Å². The van der Waals surface area contributed by atoms with Gasteiger partial charge in [-0.3, -0.25) is 0 Å². The number of carbonyl (C=O) groups excluding carboxylic acids is 1. The second kappa shape index (κ2) is 5.79. The van der Waals surface area contributed by atoms with E-state index in [1.165, 1.54) is 30.3 Å². The lowest BCUT2D eigenvalue weighted by molar-refractivity contribution is 0.262. The van der Waals surface area contributed by atoms with Crippen molar-refractivity contribution < 1.29 is 13.6 Å². The maximum Gasteiger partial charge on any atom is 0.323 e. The number of hydrogen-bond acceptors (Lipinski definition) is 1. The van der Waals surface area contributed by atoms with Crippen LogP contribution in [0.2, 0.25) is 0 Å². The zero-order valence-electron chi connectivity index (χ0n) is 9.58. The van der Waals surface area contributed by atoms with Gasteiger partial charge < -0.3 is 10.6 Å². The Hall–Kier alpha value is -1.95. The number of nitrogens with one attached hydrogen (secondary N) is 2. The van der Waals surface area contributed by atoms with Crippen LogP contribution < -0.4 is 10.6 Å². The van der Waals surface area contributed by atoms with Gasteiger partial charge >= 0.3 is 6.03 Å². The Labute approximate surface area is 116 Å². The first-order valence-electron chi connectivity index (χ1n) is 5.34. The molecule has 0 aromatic heterocycles. The second-order valence-corrected chi connectivity index (χ2v) is 4.54. The molecule has 2 rings (SSSR count). The third-order valence-corrected chi connectivity index (χ3v) is 2.94. The molecule has 0 radical (unpaired) electrons. The topological polar surface area (TPSA) is 41.1 Å². The normalized spacial score (nSPS) is 10.1. The van der Waals surface area contributed by atoms with E-state index in [1.807, 2.05) is 0 Å². The van der Waals surface area contributed by atoms with E-state index in [2.05, 4.69) is 26.6 Å². The molecule has 0 fully saturated rings. The Morgan fingerprint density at radius 3 is 2.42 bits per heavy atom. The first-order chi connectivity index (χ1) is 9.06.